The molecule has 0 radical (unpaired) electrons. The molecule has 1 aromatic carbocycles. The number of likely N-dealkylation sites (N-methyl/N-ethyl adjacent to an activating group) is 2. The highest BCUT2D eigenvalue weighted by molar-refractivity contribution is 6.07. The Morgan fingerprint density at radius 1 is 1.35 bits per heavy atom. The molecule has 0 spiro atoms. The molecule has 0 aliphatic carbocycles. The Morgan fingerprint density at radius 3 is 2.55 bits per heavy atom. The van der Waals surface area contributed by atoms with Gasteiger partial charge in [-0.2, -0.15) is 0 Å². The Balaban J connectivity index is 2.51. The molecule has 5 heteroatoms. The molecule has 0 saturated carbocycles. The molecule has 5 nitrogen and oxygen atoms in total. The molecule has 1 aliphatic rings. The minimum Gasteiger partial charge on any atom is -0.463 e. The topological polar surface area (TPSA) is 58.6 Å². The second-order valence-electron chi connectivity index (χ2n) is 4.49. The van der Waals surface area contributed by atoms with Crippen LogP contribution in [0.2, 0.25) is 0 Å². The summed E-state index contributed by atoms with van der Waals surface area (Å²) in [6, 6.07) is 9.04. The average molecular weight is 274 g/mol. The van der Waals surface area contributed by atoms with E-state index in [0.29, 0.717) is 11.3 Å². The van der Waals surface area contributed by atoms with Gasteiger partial charge in [0, 0.05) is 14.1 Å². The van der Waals surface area contributed by atoms with Crippen LogP contribution in [0.3, 0.4) is 0 Å². The molecule has 0 unspecified atom stereocenters. The van der Waals surface area contributed by atoms with Gasteiger partial charge in [0.25, 0.3) is 5.91 Å². The van der Waals surface area contributed by atoms with Crippen LogP contribution in [0.15, 0.2) is 41.6 Å². The van der Waals surface area contributed by atoms with Gasteiger partial charge in [-0.3, -0.25) is 4.79 Å². The highest BCUT2D eigenvalue weighted by Gasteiger charge is 2.41. The van der Waals surface area contributed by atoms with Gasteiger partial charge in [0.1, 0.15) is 5.70 Å². The van der Waals surface area contributed by atoms with Gasteiger partial charge < -0.3 is 15.0 Å². The number of benzene rings is 1. The summed E-state index contributed by atoms with van der Waals surface area (Å²) in [6.07, 6.45) is 0. The molecule has 20 heavy (non-hydrogen) atoms. The first kappa shape index (κ1) is 14.1. The van der Waals surface area contributed by atoms with E-state index in [4.69, 9.17) is 4.74 Å². The molecule has 1 aliphatic heterocycles. The van der Waals surface area contributed by atoms with Crippen molar-refractivity contribution in [1.82, 2.24) is 10.2 Å². The van der Waals surface area contributed by atoms with Gasteiger partial charge in [-0.15, -0.1) is 0 Å². The summed E-state index contributed by atoms with van der Waals surface area (Å²) in [5.41, 5.74) is 1.56. The third kappa shape index (κ3) is 2.27. The van der Waals surface area contributed by atoms with Crippen LogP contribution in [0.25, 0.3) is 0 Å². The summed E-state index contributed by atoms with van der Waals surface area (Å²) >= 11 is 0. The summed E-state index contributed by atoms with van der Waals surface area (Å²) in [4.78, 5) is 26.0. The lowest BCUT2D eigenvalue weighted by molar-refractivity contribution is -0.139. The number of rotatable bonds is 4. The number of esters is 1. The van der Waals surface area contributed by atoms with Crippen molar-refractivity contribution in [1.29, 1.82) is 0 Å². The molecular weight excluding hydrogens is 256 g/mol. The van der Waals surface area contributed by atoms with Crippen molar-refractivity contribution >= 4 is 11.9 Å². The van der Waals surface area contributed by atoms with Crippen LogP contribution < -0.4 is 5.32 Å². The molecule has 1 atom stereocenters. The molecule has 0 bridgehead atoms. The molecule has 0 aromatic heterocycles. The van der Waals surface area contributed by atoms with Crippen LogP contribution in [0.1, 0.15) is 18.5 Å². The van der Waals surface area contributed by atoms with Crippen LogP contribution in [0.4, 0.5) is 0 Å². The largest absolute Gasteiger partial charge is 0.463 e. The number of hydrogen-bond acceptors (Lipinski definition) is 4. The van der Waals surface area contributed by atoms with E-state index in [1.807, 2.05) is 30.3 Å². The molecular formula is C15H18N2O3. The van der Waals surface area contributed by atoms with Crippen LogP contribution in [0.5, 0.6) is 0 Å². The third-order valence-electron chi connectivity index (χ3n) is 3.32. The van der Waals surface area contributed by atoms with Crippen molar-refractivity contribution in [3.8, 4) is 0 Å². The van der Waals surface area contributed by atoms with Crippen molar-refractivity contribution in [2.45, 2.75) is 13.0 Å². The quantitative estimate of drug-likeness (QED) is 0.839. The molecule has 1 aromatic rings. The lowest BCUT2D eigenvalue weighted by Gasteiger charge is -2.22. The smallest absolute Gasteiger partial charge is 0.338 e. The molecule has 0 fully saturated rings. The van der Waals surface area contributed by atoms with E-state index in [-0.39, 0.29) is 12.5 Å². The van der Waals surface area contributed by atoms with Gasteiger partial charge in [-0.25, -0.2) is 4.79 Å². The van der Waals surface area contributed by atoms with E-state index < -0.39 is 12.0 Å². The summed E-state index contributed by atoms with van der Waals surface area (Å²) in [5.74, 6) is -0.659. The second kappa shape index (κ2) is 5.77. The van der Waals surface area contributed by atoms with Crippen molar-refractivity contribution in [2.24, 2.45) is 0 Å². The maximum Gasteiger partial charge on any atom is 0.338 e. The number of ether oxygens (including phenoxy) is 1. The molecule has 106 valence electrons. The van der Waals surface area contributed by atoms with Crippen LogP contribution in [0, 0.1) is 0 Å². The second-order valence-corrected chi connectivity index (χ2v) is 4.49. The first-order valence-electron chi connectivity index (χ1n) is 6.53. The zero-order valence-electron chi connectivity index (χ0n) is 11.8. The highest BCUT2D eigenvalue weighted by Crippen LogP contribution is 2.36. The summed E-state index contributed by atoms with van der Waals surface area (Å²) < 4.78 is 5.09. The van der Waals surface area contributed by atoms with E-state index in [9.17, 15) is 9.59 Å². The molecule has 2 rings (SSSR count). The summed E-state index contributed by atoms with van der Waals surface area (Å²) in [5, 5.41) is 2.82. The van der Waals surface area contributed by atoms with Crippen molar-refractivity contribution in [3.05, 3.63) is 47.2 Å². The Hall–Kier alpha value is -2.30. The number of nitrogens with zero attached hydrogens (tertiary/aromatic N) is 1. The molecule has 1 N–H and O–H groups in total. The van der Waals surface area contributed by atoms with Gasteiger partial charge in [-0.1, -0.05) is 30.3 Å². The van der Waals surface area contributed by atoms with Crippen LogP contribution in [-0.4, -0.2) is 37.5 Å². The normalized spacial score (nSPS) is 18.4. The van der Waals surface area contributed by atoms with E-state index in [1.54, 1.807) is 25.9 Å². The Bertz CT molecular complexity index is 551. The van der Waals surface area contributed by atoms with Gasteiger partial charge in [0.05, 0.1) is 18.2 Å². The van der Waals surface area contributed by atoms with E-state index in [1.165, 1.54) is 0 Å². The first-order valence-corrected chi connectivity index (χ1v) is 6.53. The highest BCUT2D eigenvalue weighted by atomic mass is 16.5. The first-order chi connectivity index (χ1) is 9.61. The Morgan fingerprint density at radius 2 is 2.00 bits per heavy atom. The minimum atomic E-state index is -0.455. The average Bonchev–Trinajstić information content (AvgIpc) is 2.72. The number of hydrogen-bond donors (Lipinski definition) is 1. The number of carbonyl (C=O) groups excluding carboxylic acids is 2. The van der Waals surface area contributed by atoms with Gasteiger partial charge in [0.15, 0.2) is 0 Å². The number of nitrogens with one attached hydrogen (secondary N) is 1. The summed E-state index contributed by atoms with van der Waals surface area (Å²) in [6.45, 7) is 2.02. The summed E-state index contributed by atoms with van der Waals surface area (Å²) in [7, 11) is 3.32. The van der Waals surface area contributed by atoms with Crippen molar-refractivity contribution in [3.63, 3.8) is 0 Å². The maximum atomic E-state index is 12.2. The van der Waals surface area contributed by atoms with Gasteiger partial charge in [-0.05, 0) is 12.5 Å². The predicted molar refractivity (Wildman–Crippen MR) is 74.7 cm³/mol. The lowest BCUT2D eigenvalue weighted by Crippen LogP contribution is -2.28. The Labute approximate surface area is 118 Å². The molecule has 1 heterocycles. The van der Waals surface area contributed by atoms with Crippen molar-refractivity contribution < 1.29 is 14.3 Å². The zero-order chi connectivity index (χ0) is 14.7. The standard InChI is InChI=1S/C15H18N2O3/c1-4-20-15(19)11-12(16-2)14(18)17(3)13(11)10-8-6-5-7-9-10/h5-9,13,16H,4H2,1-3H3/t13-/m1/s1. The predicted octanol–water partition coefficient (Wildman–Crippen LogP) is 1.24. The fourth-order valence-electron chi connectivity index (χ4n) is 2.43. The number of carbonyl (C=O) groups is 2. The maximum absolute atomic E-state index is 12.2. The zero-order valence-corrected chi connectivity index (χ0v) is 11.8. The Kier molecular flexibility index (Phi) is 4.08. The van der Waals surface area contributed by atoms with Gasteiger partial charge >= 0.3 is 5.97 Å². The van der Waals surface area contributed by atoms with Crippen molar-refractivity contribution in [2.75, 3.05) is 20.7 Å². The number of amides is 1. The van der Waals surface area contributed by atoms with E-state index in [2.05, 4.69) is 5.32 Å². The SMILES string of the molecule is CCOC(=O)C1=C(NC)C(=O)N(C)[C@@H]1c1ccccc1. The fraction of sp³-hybridized carbons (Fsp3) is 0.333. The molecule has 1 amide bonds. The van der Waals surface area contributed by atoms with Gasteiger partial charge in [0.2, 0.25) is 0 Å². The van der Waals surface area contributed by atoms with E-state index in [0.717, 1.165) is 5.56 Å². The lowest BCUT2D eigenvalue weighted by atomic mass is 9.99. The molecule has 0 saturated heterocycles. The fourth-order valence-corrected chi connectivity index (χ4v) is 2.43. The third-order valence-corrected chi connectivity index (χ3v) is 3.32. The minimum absolute atomic E-state index is 0.204. The monoisotopic (exact) mass is 274 g/mol. The van der Waals surface area contributed by atoms with Crippen LogP contribution in [-0.2, 0) is 14.3 Å². The van der Waals surface area contributed by atoms with E-state index >= 15 is 0 Å². The van der Waals surface area contributed by atoms with Crippen LogP contribution >= 0.6 is 0 Å².